The zero-order valence-corrected chi connectivity index (χ0v) is 10.7. The number of benzene rings is 1. The molecular weight excluding hydrogens is 227 g/mol. The Morgan fingerprint density at radius 2 is 2.11 bits per heavy atom. The van der Waals surface area contributed by atoms with Crippen LogP contribution < -0.4 is 5.32 Å². The summed E-state index contributed by atoms with van der Waals surface area (Å²) < 4.78 is 13.3. The van der Waals surface area contributed by atoms with E-state index in [4.69, 9.17) is 6.42 Å². The predicted molar refractivity (Wildman–Crippen MR) is 73.1 cm³/mol. The van der Waals surface area contributed by atoms with Gasteiger partial charge in [-0.25, -0.2) is 4.39 Å². The fourth-order valence-electron chi connectivity index (χ4n) is 2.42. The van der Waals surface area contributed by atoms with Gasteiger partial charge in [0.1, 0.15) is 5.82 Å². The molecular formula is C15H19FN2. The van der Waals surface area contributed by atoms with E-state index in [9.17, 15) is 4.39 Å². The Morgan fingerprint density at radius 3 is 2.72 bits per heavy atom. The summed E-state index contributed by atoms with van der Waals surface area (Å²) >= 11 is 0. The lowest BCUT2D eigenvalue weighted by Crippen LogP contribution is -2.39. The molecule has 0 amide bonds. The van der Waals surface area contributed by atoms with Gasteiger partial charge >= 0.3 is 0 Å². The van der Waals surface area contributed by atoms with Crippen molar-refractivity contribution in [1.82, 2.24) is 4.90 Å². The molecule has 0 radical (unpaired) electrons. The third kappa shape index (κ3) is 3.48. The fraction of sp³-hybridized carbons (Fsp3) is 0.467. The molecule has 1 aliphatic rings. The lowest BCUT2D eigenvalue weighted by Gasteiger charge is -2.31. The van der Waals surface area contributed by atoms with E-state index in [2.05, 4.69) is 16.1 Å². The molecule has 1 aromatic rings. The molecule has 0 bridgehead atoms. The van der Waals surface area contributed by atoms with Crippen LogP contribution in [0.1, 0.15) is 18.4 Å². The van der Waals surface area contributed by atoms with Crippen LogP contribution in [0.15, 0.2) is 18.2 Å². The molecule has 96 valence electrons. The summed E-state index contributed by atoms with van der Waals surface area (Å²) in [6.07, 6.45) is 7.41. The molecule has 1 aliphatic heterocycles. The van der Waals surface area contributed by atoms with Crippen LogP contribution in [0.5, 0.6) is 0 Å². The normalized spacial score (nSPS) is 17.4. The zero-order chi connectivity index (χ0) is 13.0. The van der Waals surface area contributed by atoms with Crippen LogP contribution in [0.4, 0.5) is 10.1 Å². The molecule has 18 heavy (non-hydrogen) atoms. The summed E-state index contributed by atoms with van der Waals surface area (Å²) in [5, 5.41) is 3.41. The number of hydrogen-bond acceptors (Lipinski definition) is 2. The largest absolute Gasteiger partial charge is 0.382 e. The van der Waals surface area contributed by atoms with E-state index in [1.54, 1.807) is 12.1 Å². The number of likely N-dealkylation sites (tertiary alicyclic amines) is 1. The van der Waals surface area contributed by atoms with Gasteiger partial charge in [-0.1, -0.05) is 5.92 Å². The van der Waals surface area contributed by atoms with Crippen LogP contribution in [0, 0.1) is 25.1 Å². The number of piperidine rings is 1. The summed E-state index contributed by atoms with van der Waals surface area (Å²) in [7, 11) is 0. The molecule has 0 saturated carbocycles. The first-order valence-corrected chi connectivity index (χ1v) is 6.37. The number of aryl methyl sites for hydroxylation is 1. The van der Waals surface area contributed by atoms with Gasteiger partial charge in [0, 0.05) is 24.8 Å². The van der Waals surface area contributed by atoms with E-state index in [0.717, 1.165) is 43.7 Å². The molecule has 1 N–H and O–H groups in total. The minimum atomic E-state index is -0.178. The topological polar surface area (TPSA) is 15.3 Å². The quantitative estimate of drug-likeness (QED) is 0.825. The second-order valence-corrected chi connectivity index (χ2v) is 4.92. The van der Waals surface area contributed by atoms with Gasteiger partial charge < -0.3 is 5.32 Å². The smallest absolute Gasteiger partial charge is 0.125 e. The third-order valence-electron chi connectivity index (χ3n) is 3.32. The first kappa shape index (κ1) is 12.9. The van der Waals surface area contributed by atoms with Crippen molar-refractivity contribution >= 4 is 5.69 Å². The highest BCUT2D eigenvalue weighted by Crippen LogP contribution is 2.18. The Kier molecular flexibility index (Phi) is 4.22. The standard InChI is InChI=1S/C15H19FN2/c1-3-6-18-7-4-14(5-8-18)17-15-10-12(2)9-13(16)11-15/h1,9-11,14,17H,4-8H2,2H3. The molecule has 0 aromatic heterocycles. The van der Waals surface area contributed by atoms with Crippen molar-refractivity contribution < 1.29 is 4.39 Å². The number of terminal acetylenes is 1. The maximum absolute atomic E-state index is 13.3. The fourth-order valence-corrected chi connectivity index (χ4v) is 2.42. The van der Waals surface area contributed by atoms with Gasteiger partial charge in [-0.3, -0.25) is 4.90 Å². The molecule has 0 atom stereocenters. The van der Waals surface area contributed by atoms with Crippen LogP contribution >= 0.6 is 0 Å². The molecule has 2 rings (SSSR count). The third-order valence-corrected chi connectivity index (χ3v) is 3.32. The van der Waals surface area contributed by atoms with Gasteiger partial charge in [-0.2, -0.15) is 0 Å². The first-order valence-electron chi connectivity index (χ1n) is 6.37. The van der Waals surface area contributed by atoms with Gasteiger partial charge in [0.15, 0.2) is 0 Å². The highest BCUT2D eigenvalue weighted by molar-refractivity contribution is 5.46. The number of nitrogens with one attached hydrogen (secondary N) is 1. The number of hydrogen-bond donors (Lipinski definition) is 1. The summed E-state index contributed by atoms with van der Waals surface area (Å²) in [5.41, 5.74) is 1.82. The van der Waals surface area contributed by atoms with Gasteiger partial charge in [0.25, 0.3) is 0 Å². The Balaban J connectivity index is 1.90. The van der Waals surface area contributed by atoms with Crippen LogP contribution in [0.2, 0.25) is 0 Å². The minimum Gasteiger partial charge on any atom is -0.382 e. The van der Waals surface area contributed by atoms with Crippen molar-refractivity contribution in [2.24, 2.45) is 0 Å². The van der Waals surface area contributed by atoms with E-state index in [-0.39, 0.29) is 5.82 Å². The van der Waals surface area contributed by atoms with Gasteiger partial charge in [-0.15, -0.1) is 6.42 Å². The Hall–Kier alpha value is -1.53. The maximum atomic E-state index is 13.3. The van der Waals surface area contributed by atoms with Crippen molar-refractivity contribution in [2.45, 2.75) is 25.8 Å². The Labute approximate surface area is 108 Å². The Morgan fingerprint density at radius 1 is 1.39 bits per heavy atom. The lowest BCUT2D eigenvalue weighted by molar-refractivity contribution is 0.243. The van der Waals surface area contributed by atoms with E-state index < -0.39 is 0 Å². The van der Waals surface area contributed by atoms with Gasteiger partial charge in [-0.05, 0) is 43.5 Å². The van der Waals surface area contributed by atoms with Crippen molar-refractivity contribution in [3.05, 3.63) is 29.6 Å². The lowest BCUT2D eigenvalue weighted by atomic mass is 10.0. The maximum Gasteiger partial charge on any atom is 0.125 e. The number of anilines is 1. The van der Waals surface area contributed by atoms with Crippen LogP contribution in [0.25, 0.3) is 0 Å². The molecule has 0 unspecified atom stereocenters. The Bertz CT molecular complexity index is 422. The summed E-state index contributed by atoms with van der Waals surface area (Å²) in [6, 6.07) is 5.50. The van der Waals surface area contributed by atoms with E-state index in [1.807, 2.05) is 13.0 Å². The van der Waals surface area contributed by atoms with Crippen LogP contribution in [-0.4, -0.2) is 30.6 Å². The average Bonchev–Trinajstić information content (AvgIpc) is 2.31. The van der Waals surface area contributed by atoms with Crippen molar-refractivity contribution in [1.29, 1.82) is 0 Å². The highest BCUT2D eigenvalue weighted by atomic mass is 19.1. The van der Waals surface area contributed by atoms with Gasteiger partial charge in [0.05, 0.1) is 6.54 Å². The molecule has 0 spiro atoms. The van der Waals surface area contributed by atoms with Crippen molar-refractivity contribution in [3.63, 3.8) is 0 Å². The predicted octanol–water partition coefficient (Wildman–Crippen LogP) is 2.64. The number of rotatable bonds is 3. The second kappa shape index (κ2) is 5.88. The molecule has 1 aromatic carbocycles. The van der Waals surface area contributed by atoms with E-state index in [1.165, 1.54) is 0 Å². The zero-order valence-electron chi connectivity index (χ0n) is 10.7. The summed E-state index contributed by atoms with van der Waals surface area (Å²) in [4.78, 5) is 2.27. The van der Waals surface area contributed by atoms with Crippen molar-refractivity contribution in [3.8, 4) is 12.3 Å². The monoisotopic (exact) mass is 246 g/mol. The molecule has 1 saturated heterocycles. The number of nitrogens with zero attached hydrogens (tertiary/aromatic N) is 1. The summed E-state index contributed by atoms with van der Waals surface area (Å²) in [6.45, 7) is 4.65. The van der Waals surface area contributed by atoms with Crippen molar-refractivity contribution in [2.75, 3.05) is 25.0 Å². The number of halogens is 1. The average molecular weight is 246 g/mol. The van der Waals surface area contributed by atoms with Gasteiger partial charge in [0.2, 0.25) is 0 Å². The summed E-state index contributed by atoms with van der Waals surface area (Å²) in [5.74, 6) is 2.49. The molecule has 2 nitrogen and oxygen atoms in total. The minimum absolute atomic E-state index is 0.178. The molecule has 1 heterocycles. The molecule has 0 aliphatic carbocycles. The van der Waals surface area contributed by atoms with Crippen LogP contribution in [0.3, 0.4) is 0 Å². The molecule has 3 heteroatoms. The van der Waals surface area contributed by atoms with E-state index >= 15 is 0 Å². The van der Waals surface area contributed by atoms with E-state index in [0.29, 0.717) is 6.04 Å². The molecule has 1 fully saturated rings. The second-order valence-electron chi connectivity index (χ2n) is 4.92. The van der Waals surface area contributed by atoms with Crippen LogP contribution in [-0.2, 0) is 0 Å². The first-order chi connectivity index (χ1) is 8.67. The highest BCUT2D eigenvalue weighted by Gasteiger charge is 2.18. The SMILES string of the molecule is C#CCN1CCC(Nc2cc(C)cc(F)c2)CC1.